The SMILES string of the molecule is CC1CCN(C(=O)CN2CCC3(CC2)CN(S(C)(=O)=O)Cc2ccccc2O3)CC1. The molecule has 4 rings (SSSR count). The average Bonchev–Trinajstić information content (AvgIpc) is 2.87. The van der Waals surface area contributed by atoms with Crippen molar-refractivity contribution in [3.8, 4) is 5.75 Å². The standard InChI is InChI=1S/C22H33N3O4S/c1-18-7-11-24(12-8-18)21(26)16-23-13-9-22(10-14-23)17-25(30(2,27)28)15-19-5-3-4-6-20(19)29-22/h3-6,18H,7-17H2,1-2H3. The molecule has 30 heavy (non-hydrogen) atoms. The number of fused-ring (bicyclic) bond motifs is 1. The van der Waals surface area contributed by atoms with E-state index in [0.717, 1.165) is 50.3 Å². The maximum absolute atomic E-state index is 12.7. The minimum absolute atomic E-state index is 0.211. The first-order valence-electron chi connectivity index (χ1n) is 11.0. The van der Waals surface area contributed by atoms with Crippen LogP contribution in [0.25, 0.3) is 0 Å². The highest BCUT2D eigenvalue weighted by molar-refractivity contribution is 7.88. The molecule has 3 heterocycles. The van der Waals surface area contributed by atoms with Crippen molar-refractivity contribution in [3.63, 3.8) is 0 Å². The molecule has 1 aromatic rings. The molecule has 0 unspecified atom stereocenters. The molecule has 1 amide bonds. The Morgan fingerprint density at radius 1 is 1.13 bits per heavy atom. The summed E-state index contributed by atoms with van der Waals surface area (Å²) in [5, 5.41) is 0. The van der Waals surface area contributed by atoms with Gasteiger partial charge in [0.1, 0.15) is 11.4 Å². The van der Waals surface area contributed by atoms with Crippen molar-refractivity contribution in [3.05, 3.63) is 29.8 Å². The van der Waals surface area contributed by atoms with Crippen LogP contribution in [0.1, 0.15) is 38.2 Å². The van der Waals surface area contributed by atoms with Crippen molar-refractivity contribution >= 4 is 15.9 Å². The van der Waals surface area contributed by atoms with E-state index in [2.05, 4.69) is 11.8 Å². The Morgan fingerprint density at radius 3 is 2.47 bits per heavy atom. The van der Waals surface area contributed by atoms with Gasteiger partial charge >= 0.3 is 0 Å². The van der Waals surface area contributed by atoms with Crippen LogP contribution in [0.3, 0.4) is 0 Å². The maximum Gasteiger partial charge on any atom is 0.236 e. The van der Waals surface area contributed by atoms with Crippen molar-refractivity contribution in [1.82, 2.24) is 14.1 Å². The number of para-hydroxylation sites is 1. The first-order valence-corrected chi connectivity index (χ1v) is 12.8. The van der Waals surface area contributed by atoms with Gasteiger partial charge in [-0.25, -0.2) is 8.42 Å². The van der Waals surface area contributed by atoms with Crippen LogP contribution < -0.4 is 4.74 Å². The topological polar surface area (TPSA) is 70.2 Å². The van der Waals surface area contributed by atoms with Crippen molar-refractivity contribution in [2.45, 2.75) is 44.8 Å². The summed E-state index contributed by atoms with van der Waals surface area (Å²) in [6, 6.07) is 7.70. The Balaban J connectivity index is 1.42. The van der Waals surface area contributed by atoms with E-state index < -0.39 is 15.6 Å². The van der Waals surface area contributed by atoms with Gasteiger partial charge < -0.3 is 9.64 Å². The van der Waals surface area contributed by atoms with Gasteiger partial charge in [-0.2, -0.15) is 4.31 Å². The molecule has 0 N–H and O–H groups in total. The number of benzene rings is 1. The van der Waals surface area contributed by atoms with Crippen molar-refractivity contribution in [1.29, 1.82) is 0 Å². The number of hydrogen-bond acceptors (Lipinski definition) is 5. The summed E-state index contributed by atoms with van der Waals surface area (Å²) in [6.45, 7) is 6.57. The Morgan fingerprint density at radius 2 is 1.80 bits per heavy atom. The molecule has 1 aromatic carbocycles. The molecule has 0 aliphatic carbocycles. The largest absolute Gasteiger partial charge is 0.485 e. The highest BCUT2D eigenvalue weighted by Gasteiger charge is 2.43. The van der Waals surface area contributed by atoms with E-state index in [-0.39, 0.29) is 5.91 Å². The number of rotatable bonds is 3. The Bertz CT molecular complexity index is 872. The van der Waals surface area contributed by atoms with Gasteiger partial charge in [-0.15, -0.1) is 0 Å². The molecule has 7 nitrogen and oxygen atoms in total. The zero-order valence-electron chi connectivity index (χ0n) is 18.0. The lowest BCUT2D eigenvalue weighted by atomic mass is 9.90. The molecule has 2 fully saturated rings. The van der Waals surface area contributed by atoms with E-state index in [9.17, 15) is 13.2 Å². The molecule has 1 spiro atoms. The van der Waals surface area contributed by atoms with Gasteiger partial charge in [0.05, 0.1) is 19.3 Å². The number of piperidine rings is 2. The number of hydrogen-bond donors (Lipinski definition) is 0. The monoisotopic (exact) mass is 435 g/mol. The second-order valence-corrected chi connectivity index (χ2v) is 11.2. The molecule has 0 saturated carbocycles. The minimum Gasteiger partial charge on any atom is -0.485 e. The van der Waals surface area contributed by atoms with Gasteiger partial charge in [0.25, 0.3) is 0 Å². The zero-order valence-corrected chi connectivity index (χ0v) is 18.9. The lowest BCUT2D eigenvalue weighted by Crippen LogP contribution is -2.55. The van der Waals surface area contributed by atoms with E-state index in [1.807, 2.05) is 29.2 Å². The predicted molar refractivity (Wildman–Crippen MR) is 116 cm³/mol. The van der Waals surface area contributed by atoms with Crippen LogP contribution in [0.4, 0.5) is 0 Å². The van der Waals surface area contributed by atoms with Gasteiger partial charge in [0.2, 0.25) is 15.9 Å². The molecule has 0 radical (unpaired) electrons. The van der Waals surface area contributed by atoms with Gasteiger partial charge in [-0.05, 0) is 24.8 Å². The number of nitrogens with zero attached hydrogens (tertiary/aromatic N) is 3. The number of ether oxygens (including phenoxy) is 1. The van der Waals surface area contributed by atoms with Crippen molar-refractivity contribution in [2.75, 3.05) is 45.5 Å². The Labute approximate surface area is 180 Å². The molecule has 8 heteroatoms. The third-order valence-electron chi connectivity index (χ3n) is 6.84. The van der Waals surface area contributed by atoms with Gasteiger partial charge in [-0.3, -0.25) is 9.69 Å². The number of carbonyl (C=O) groups is 1. The number of likely N-dealkylation sites (tertiary alicyclic amines) is 2. The summed E-state index contributed by atoms with van der Waals surface area (Å²) < 4.78 is 32.8. The Kier molecular flexibility index (Phi) is 6.10. The number of carbonyl (C=O) groups excluding carboxylic acids is 1. The van der Waals surface area contributed by atoms with E-state index in [1.165, 1.54) is 10.6 Å². The lowest BCUT2D eigenvalue weighted by Gasteiger charge is -2.42. The molecule has 2 saturated heterocycles. The normalized spacial score (nSPS) is 23.6. The number of amides is 1. The third-order valence-corrected chi connectivity index (χ3v) is 8.04. The first kappa shape index (κ1) is 21.6. The summed E-state index contributed by atoms with van der Waals surface area (Å²) >= 11 is 0. The minimum atomic E-state index is -3.34. The van der Waals surface area contributed by atoms with Crippen LogP contribution in [0.15, 0.2) is 24.3 Å². The second kappa shape index (κ2) is 8.48. The van der Waals surface area contributed by atoms with Crippen molar-refractivity contribution < 1.29 is 17.9 Å². The molecule has 0 atom stereocenters. The predicted octanol–water partition coefficient (Wildman–Crippen LogP) is 1.93. The molecule has 0 aromatic heterocycles. The molecule has 3 aliphatic heterocycles. The second-order valence-electron chi connectivity index (χ2n) is 9.26. The molecule has 3 aliphatic rings. The van der Waals surface area contributed by atoms with Crippen LogP contribution in [-0.4, -0.2) is 79.6 Å². The van der Waals surface area contributed by atoms with Crippen LogP contribution >= 0.6 is 0 Å². The zero-order chi connectivity index (χ0) is 21.4. The first-order chi connectivity index (χ1) is 14.2. The smallest absolute Gasteiger partial charge is 0.236 e. The van der Waals surface area contributed by atoms with E-state index in [1.54, 1.807) is 0 Å². The molecule has 0 bridgehead atoms. The van der Waals surface area contributed by atoms with E-state index >= 15 is 0 Å². The highest BCUT2D eigenvalue weighted by atomic mass is 32.2. The number of sulfonamides is 1. The van der Waals surface area contributed by atoms with E-state index in [0.29, 0.717) is 38.4 Å². The molecular weight excluding hydrogens is 402 g/mol. The summed E-state index contributed by atoms with van der Waals surface area (Å²) in [6.07, 6.45) is 4.85. The van der Waals surface area contributed by atoms with Crippen LogP contribution in [0.2, 0.25) is 0 Å². The van der Waals surface area contributed by atoms with Gasteiger partial charge in [-0.1, -0.05) is 25.1 Å². The quantitative estimate of drug-likeness (QED) is 0.726. The van der Waals surface area contributed by atoms with Crippen LogP contribution in [0, 0.1) is 5.92 Å². The fourth-order valence-corrected chi connectivity index (χ4v) is 5.57. The Hall–Kier alpha value is -1.64. The lowest BCUT2D eigenvalue weighted by molar-refractivity contribution is -0.134. The highest BCUT2D eigenvalue weighted by Crippen LogP contribution is 2.36. The van der Waals surface area contributed by atoms with Gasteiger partial charge in [0.15, 0.2) is 0 Å². The summed E-state index contributed by atoms with van der Waals surface area (Å²) in [7, 11) is -3.34. The molecular formula is C22H33N3O4S. The van der Waals surface area contributed by atoms with Crippen molar-refractivity contribution in [2.24, 2.45) is 5.92 Å². The van der Waals surface area contributed by atoms with Crippen LogP contribution in [-0.2, 0) is 21.4 Å². The molecule has 166 valence electrons. The van der Waals surface area contributed by atoms with Crippen LogP contribution in [0.5, 0.6) is 5.75 Å². The fourth-order valence-electron chi connectivity index (χ4n) is 4.73. The fraction of sp³-hybridized carbons (Fsp3) is 0.682. The van der Waals surface area contributed by atoms with Gasteiger partial charge in [0, 0.05) is 51.1 Å². The third kappa shape index (κ3) is 4.81. The van der Waals surface area contributed by atoms with E-state index in [4.69, 9.17) is 4.74 Å². The average molecular weight is 436 g/mol. The summed E-state index contributed by atoms with van der Waals surface area (Å²) in [5.74, 6) is 1.69. The summed E-state index contributed by atoms with van der Waals surface area (Å²) in [5.41, 5.74) is 0.354. The summed E-state index contributed by atoms with van der Waals surface area (Å²) in [4.78, 5) is 16.9. The maximum atomic E-state index is 12.7.